The van der Waals surface area contributed by atoms with Crippen molar-refractivity contribution >= 4 is 0 Å². The molecule has 0 heterocycles. The molecule has 102 valence electrons. The van der Waals surface area contributed by atoms with E-state index in [0.29, 0.717) is 11.1 Å². The summed E-state index contributed by atoms with van der Waals surface area (Å²) in [6, 6.07) is 7.99. The number of benzene rings is 2. The van der Waals surface area contributed by atoms with Crippen LogP contribution in [0.2, 0.25) is 0 Å². The average molecular weight is 281 g/mol. The van der Waals surface area contributed by atoms with Crippen LogP contribution in [-0.2, 0) is 6.61 Å². The van der Waals surface area contributed by atoms with Gasteiger partial charge in [-0.15, -0.1) is 0 Å². The second-order valence-corrected chi connectivity index (χ2v) is 3.89. The Morgan fingerprint density at radius 3 is 2.00 bits per heavy atom. The summed E-state index contributed by atoms with van der Waals surface area (Å²) in [7, 11) is 0. The van der Waals surface area contributed by atoms with Crippen LogP contribution in [0.5, 0.6) is 5.75 Å². The van der Waals surface area contributed by atoms with Gasteiger partial charge in [-0.1, -0.05) is 12.1 Å². The maximum absolute atomic E-state index is 13.3. The molecule has 0 unspecified atom stereocenters. The number of nitrogens with zero attached hydrogens (tertiary/aromatic N) is 1. The maximum Gasteiger partial charge on any atom is 0.203 e. The van der Waals surface area contributed by atoms with E-state index in [0.717, 1.165) is 0 Å². The molecular formula is C14H7F4NO. The smallest absolute Gasteiger partial charge is 0.203 e. The van der Waals surface area contributed by atoms with Crippen molar-refractivity contribution in [1.29, 1.82) is 5.26 Å². The summed E-state index contributed by atoms with van der Waals surface area (Å²) < 4.78 is 57.3. The monoisotopic (exact) mass is 281 g/mol. The quantitative estimate of drug-likeness (QED) is 0.635. The molecule has 0 aromatic heterocycles. The van der Waals surface area contributed by atoms with E-state index in [4.69, 9.17) is 10.00 Å². The highest BCUT2D eigenvalue weighted by molar-refractivity contribution is 5.32. The van der Waals surface area contributed by atoms with Crippen molar-refractivity contribution in [2.45, 2.75) is 6.61 Å². The zero-order valence-electron chi connectivity index (χ0n) is 9.96. The first kappa shape index (κ1) is 13.9. The van der Waals surface area contributed by atoms with Gasteiger partial charge >= 0.3 is 0 Å². The van der Waals surface area contributed by atoms with Crippen molar-refractivity contribution in [3.63, 3.8) is 0 Å². The molecular weight excluding hydrogens is 274 g/mol. The Balaban J connectivity index is 2.20. The lowest BCUT2D eigenvalue weighted by atomic mass is 10.1. The van der Waals surface area contributed by atoms with Gasteiger partial charge in [-0.25, -0.2) is 8.78 Å². The predicted octanol–water partition coefficient (Wildman–Crippen LogP) is 3.69. The lowest BCUT2D eigenvalue weighted by Crippen LogP contribution is -2.03. The van der Waals surface area contributed by atoms with E-state index in [1.807, 2.05) is 6.07 Å². The zero-order valence-corrected chi connectivity index (χ0v) is 9.96. The molecule has 0 N–H and O–H groups in total. The Labute approximate surface area is 111 Å². The van der Waals surface area contributed by atoms with Crippen LogP contribution in [0.1, 0.15) is 11.1 Å². The third-order valence-corrected chi connectivity index (χ3v) is 2.54. The van der Waals surface area contributed by atoms with Crippen molar-refractivity contribution < 1.29 is 22.3 Å². The number of rotatable bonds is 3. The third-order valence-electron chi connectivity index (χ3n) is 2.54. The Bertz CT molecular complexity index is 651. The van der Waals surface area contributed by atoms with Crippen LogP contribution in [0.4, 0.5) is 17.6 Å². The molecule has 0 spiro atoms. The summed E-state index contributed by atoms with van der Waals surface area (Å²) in [5.41, 5.74) is 0.899. The zero-order chi connectivity index (χ0) is 14.7. The molecule has 0 atom stereocenters. The number of halogens is 4. The molecule has 0 aliphatic heterocycles. The van der Waals surface area contributed by atoms with E-state index < -0.39 is 29.0 Å². The van der Waals surface area contributed by atoms with Crippen LogP contribution in [0, 0.1) is 34.6 Å². The molecule has 0 fully saturated rings. The Kier molecular flexibility index (Phi) is 3.89. The standard InChI is InChI=1S/C14H7F4NO/c15-10-5-11(16)13(18)14(12(10)17)20-7-9-3-1-8(6-19)2-4-9/h1-5H,7H2. The van der Waals surface area contributed by atoms with Crippen molar-refractivity contribution in [1.82, 2.24) is 0 Å². The van der Waals surface area contributed by atoms with Gasteiger partial charge in [0.1, 0.15) is 6.61 Å². The first-order valence-corrected chi connectivity index (χ1v) is 5.47. The molecule has 0 radical (unpaired) electrons. The first-order valence-electron chi connectivity index (χ1n) is 5.47. The highest BCUT2D eigenvalue weighted by Crippen LogP contribution is 2.27. The summed E-state index contributed by atoms with van der Waals surface area (Å²) in [4.78, 5) is 0. The van der Waals surface area contributed by atoms with Crippen molar-refractivity contribution in [2.24, 2.45) is 0 Å². The Morgan fingerprint density at radius 1 is 0.950 bits per heavy atom. The van der Waals surface area contributed by atoms with Crippen LogP contribution in [0.15, 0.2) is 30.3 Å². The molecule has 0 aliphatic rings. The van der Waals surface area contributed by atoms with E-state index >= 15 is 0 Å². The van der Waals surface area contributed by atoms with E-state index in [9.17, 15) is 17.6 Å². The topological polar surface area (TPSA) is 33.0 Å². The van der Waals surface area contributed by atoms with Gasteiger partial charge < -0.3 is 4.74 Å². The van der Waals surface area contributed by atoms with Gasteiger partial charge in [-0.3, -0.25) is 0 Å². The van der Waals surface area contributed by atoms with Crippen LogP contribution < -0.4 is 4.74 Å². The number of hydrogen-bond acceptors (Lipinski definition) is 2. The molecule has 0 saturated heterocycles. The molecule has 2 aromatic rings. The molecule has 0 amide bonds. The van der Waals surface area contributed by atoms with Gasteiger partial charge in [0.2, 0.25) is 11.6 Å². The fourth-order valence-corrected chi connectivity index (χ4v) is 1.51. The molecule has 20 heavy (non-hydrogen) atoms. The van der Waals surface area contributed by atoms with Gasteiger partial charge in [0, 0.05) is 6.07 Å². The Hall–Kier alpha value is -2.55. The van der Waals surface area contributed by atoms with E-state index in [2.05, 4.69) is 0 Å². The minimum Gasteiger partial charge on any atom is -0.483 e. The highest BCUT2D eigenvalue weighted by atomic mass is 19.2. The minimum absolute atomic E-state index is 0.110. The molecule has 2 rings (SSSR count). The highest BCUT2D eigenvalue weighted by Gasteiger charge is 2.20. The predicted molar refractivity (Wildman–Crippen MR) is 61.8 cm³/mol. The SMILES string of the molecule is N#Cc1ccc(COc2c(F)c(F)cc(F)c2F)cc1. The Morgan fingerprint density at radius 2 is 1.50 bits per heavy atom. The fourth-order valence-electron chi connectivity index (χ4n) is 1.51. The lowest BCUT2D eigenvalue weighted by Gasteiger charge is -2.09. The summed E-state index contributed by atoms with van der Waals surface area (Å²) >= 11 is 0. The number of ether oxygens (including phenoxy) is 1. The van der Waals surface area contributed by atoms with Crippen LogP contribution >= 0.6 is 0 Å². The molecule has 0 bridgehead atoms. The van der Waals surface area contributed by atoms with E-state index in [1.54, 1.807) is 0 Å². The second kappa shape index (κ2) is 5.61. The summed E-state index contributed by atoms with van der Waals surface area (Å²) in [6.07, 6.45) is 0. The van der Waals surface area contributed by atoms with Gasteiger partial charge in [0.25, 0.3) is 0 Å². The third kappa shape index (κ3) is 2.72. The molecule has 0 saturated carbocycles. The summed E-state index contributed by atoms with van der Waals surface area (Å²) in [5, 5.41) is 8.61. The van der Waals surface area contributed by atoms with Gasteiger partial charge in [-0.2, -0.15) is 14.0 Å². The summed E-state index contributed by atoms with van der Waals surface area (Å²) in [6.45, 7) is -0.289. The van der Waals surface area contributed by atoms with E-state index in [-0.39, 0.29) is 12.7 Å². The van der Waals surface area contributed by atoms with Gasteiger partial charge in [0.05, 0.1) is 11.6 Å². The normalized spacial score (nSPS) is 10.2. The maximum atomic E-state index is 13.3. The largest absolute Gasteiger partial charge is 0.483 e. The number of nitriles is 1. The molecule has 2 aromatic carbocycles. The fraction of sp³-hybridized carbons (Fsp3) is 0.0714. The molecule has 2 nitrogen and oxygen atoms in total. The molecule has 6 heteroatoms. The van der Waals surface area contributed by atoms with Gasteiger partial charge in [0.15, 0.2) is 17.4 Å². The molecule has 0 aliphatic carbocycles. The first-order chi connectivity index (χ1) is 9.52. The van der Waals surface area contributed by atoms with Crippen molar-refractivity contribution in [3.05, 3.63) is 64.7 Å². The van der Waals surface area contributed by atoms with Crippen LogP contribution in [0.3, 0.4) is 0 Å². The lowest BCUT2D eigenvalue weighted by molar-refractivity contribution is 0.261. The van der Waals surface area contributed by atoms with E-state index in [1.165, 1.54) is 24.3 Å². The van der Waals surface area contributed by atoms with Crippen LogP contribution in [-0.4, -0.2) is 0 Å². The van der Waals surface area contributed by atoms with Crippen molar-refractivity contribution in [2.75, 3.05) is 0 Å². The summed E-state index contributed by atoms with van der Waals surface area (Å²) in [5.74, 6) is -7.33. The van der Waals surface area contributed by atoms with Crippen molar-refractivity contribution in [3.8, 4) is 11.8 Å². The van der Waals surface area contributed by atoms with Crippen LogP contribution in [0.25, 0.3) is 0 Å². The minimum atomic E-state index is -1.59. The van der Waals surface area contributed by atoms with Gasteiger partial charge in [-0.05, 0) is 17.7 Å². The number of hydrogen-bond donors (Lipinski definition) is 0. The second-order valence-electron chi connectivity index (χ2n) is 3.89. The average Bonchev–Trinajstić information content (AvgIpc) is 2.46.